The summed E-state index contributed by atoms with van der Waals surface area (Å²) < 4.78 is 32.9. The molecule has 0 saturated carbocycles. The third-order valence-corrected chi connectivity index (χ3v) is 5.07. The quantitative estimate of drug-likeness (QED) is 0.597. The Labute approximate surface area is 142 Å². The summed E-state index contributed by atoms with van der Waals surface area (Å²) in [5.41, 5.74) is 1.66. The Morgan fingerprint density at radius 3 is 2.32 bits per heavy atom. The Kier molecular flexibility index (Phi) is 5.07. The predicted molar refractivity (Wildman–Crippen MR) is 92.5 cm³/mol. The van der Waals surface area contributed by atoms with Gasteiger partial charge >= 0.3 is 5.97 Å². The number of benzene rings is 2. The third kappa shape index (κ3) is 3.77. The minimum absolute atomic E-state index is 0.0816. The molecular weight excluding hydrogens is 417 g/mol. The van der Waals surface area contributed by atoms with Crippen LogP contribution in [0.4, 0.5) is 5.69 Å². The fourth-order valence-corrected chi connectivity index (χ4v) is 3.61. The number of sulfonamides is 1. The van der Waals surface area contributed by atoms with Crippen molar-refractivity contribution in [3.63, 3.8) is 0 Å². The van der Waals surface area contributed by atoms with E-state index in [1.54, 1.807) is 6.07 Å². The molecule has 0 aliphatic rings. The van der Waals surface area contributed by atoms with E-state index in [9.17, 15) is 13.2 Å². The molecule has 22 heavy (non-hydrogen) atoms. The van der Waals surface area contributed by atoms with Crippen molar-refractivity contribution in [2.24, 2.45) is 0 Å². The van der Waals surface area contributed by atoms with Crippen molar-refractivity contribution >= 4 is 44.3 Å². The maximum absolute atomic E-state index is 12.4. The highest BCUT2D eigenvalue weighted by atomic mass is 127. The van der Waals surface area contributed by atoms with E-state index in [1.165, 1.54) is 31.4 Å². The predicted octanol–water partition coefficient (Wildman–Crippen LogP) is 3.19. The molecule has 0 aliphatic carbocycles. The van der Waals surface area contributed by atoms with E-state index in [0.29, 0.717) is 11.3 Å². The fraction of sp³-hybridized carbons (Fsp3) is 0.133. The number of nitrogens with one attached hydrogen (secondary N) is 1. The molecule has 0 amide bonds. The Bertz CT molecular complexity index is 801. The van der Waals surface area contributed by atoms with Crippen LogP contribution in [-0.4, -0.2) is 21.5 Å². The zero-order valence-corrected chi connectivity index (χ0v) is 14.9. The van der Waals surface area contributed by atoms with Crippen LogP contribution in [0.2, 0.25) is 0 Å². The summed E-state index contributed by atoms with van der Waals surface area (Å²) in [6.45, 7) is 1.83. The number of rotatable bonds is 4. The molecule has 2 aromatic rings. The molecule has 0 heterocycles. The molecule has 0 radical (unpaired) electrons. The highest BCUT2D eigenvalue weighted by Gasteiger charge is 2.16. The smallest absolute Gasteiger partial charge is 0.337 e. The third-order valence-electron chi connectivity index (χ3n) is 3.02. The van der Waals surface area contributed by atoms with Crippen molar-refractivity contribution in [2.45, 2.75) is 11.8 Å². The average molecular weight is 431 g/mol. The Hall–Kier alpha value is -1.61. The molecular formula is C15H14INO4S. The summed E-state index contributed by atoms with van der Waals surface area (Å²) in [5, 5.41) is 0. The molecule has 0 aromatic heterocycles. The van der Waals surface area contributed by atoms with Gasteiger partial charge in [-0.15, -0.1) is 0 Å². The van der Waals surface area contributed by atoms with Crippen LogP contribution >= 0.6 is 22.6 Å². The number of carbonyl (C=O) groups is 1. The second-order valence-electron chi connectivity index (χ2n) is 4.58. The number of hydrogen-bond acceptors (Lipinski definition) is 4. The summed E-state index contributed by atoms with van der Waals surface area (Å²) in [7, 11) is -2.43. The van der Waals surface area contributed by atoms with E-state index < -0.39 is 16.0 Å². The topological polar surface area (TPSA) is 72.5 Å². The van der Waals surface area contributed by atoms with Gasteiger partial charge in [0.25, 0.3) is 10.0 Å². The summed E-state index contributed by atoms with van der Waals surface area (Å²) in [6, 6.07) is 11.0. The summed E-state index contributed by atoms with van der Waals surface area (Å²) in [6.07, 6.45) is 0. The zero-order valence-electron chi connectivity index (χ0n) is 12.0. The second kappa shape index (κ2) is 6.66. The van der Waals surface area contributed by atoms with Gasteiger partial charge in [0.05, 0.1) is 23.3 Å². The lowest BCUT2D eigenvalue weighted by molar-refractivity contribution is 0.0600. The molecule has 0 saturated heterocycles. The van der Waals surface area contributed by atoms with Crippen LogP contribution < -0.4 is 4.72 Å². The number of aryl methyl sites for hydroxylation is 1. The zero-order chi connectivity index (χ0) is 16.3. The van der Waals surface area contributed by atoms with Crippen LogP contribution in [0, 0.1) is 10.5 Å². The highest BCUT2D eigenvalue weighted by molar-refractivity contribution is 14.1. The minimum Gasteiger partial charge on any atom is -0.465 e. The van der Waals surface area contributed by atoms with Gasteiger partial charge in [0.2, 0.25) is 0 Å². The molecule has 0 aliphatic heterocycles. The molecule has 0 unspecified atom stereocenters. The van der Waals surface area contributed by atoms with Crippen LogP contribution in [0.3, 0.4) is 0 Å². The van der Waals surface area contributed by atoms with E-state index >= 15 is 0 Å². The molecule has 0 spiro atoms. The van der Waals surface area contributed by atoms with Crippen LogP contribution in [0.25, 0.3) is 0 Å². The van der Waals surface area contributed by atoms with Gasteiger partial charge in [0.15, 0.2) is 0 Å². The summed E-state index contributed by atoms with van der Waals surface area (Å²) in [5.74, 6) is -0.509. The van der Waals surface area contributed by atoms with Crippen LogP contribution in [0.15, 0.2) is 47.4 Å². The van der Waals surface area contributed by atoms with Crippen molar-refractivity contribution in [2.75, 3.05) is 11.8 Å². The molecule has 116 valence electrons. The van der Waals surface area contributed by atoms with Gasteiger partial charge in [-0.25, -0.2) is 13.2 Å². The van der Waals surface area contributed by atoms with E-state index in [2.05, 4.69) is 32.0 Å². The first-order chi connectivity index (χ1) is 10.3. The van der Waals surface area contributed by atoms with Crippen LogP contribution in [0.1, 0.15) is 15.9 Å². The van der Waals surface area contributed by atoms with Gasteiger partial charge in [0.1, 0.15) is 0 Å². The number of esters is 1. The number of methoxy groups -OCH3 is 1. The van der Waals surface area contributed by atoms with E-state index in [1.807, 2.05) is 19.1 Å². The molecule has 1 N–H and O–H groups in total. The second-order valence-corrected chi connectivity index (χ2v) is 7.51. The lowest BCUT2D eigenvalue weighted by Gasteiger charge is -2.11. The molecule has 0 bridgehead atoms. The first-order valence-electron chi connectivity index (χ1n) is 6.31. The molecule has 2 aromatic carbocycles. The van der Waals surface area contributed by atoms with Crippen molar-refractivity contribution < 1.29 is 17.9 Å². The lowest BCUT2D eigenvalue weighted by Crippen LogP contribution is -2.14. The molecule has 0 fully saturated rings. The van der Waals surface area contributed by atoms with Crippen molar-refractivity contribution in [3.05, 3.63) is 57.2 Å². The van der Waals surface area contributed by atoms with Crippen LogP contribution in [0.5, 0.6) is 0 Å². The van der Waals surface area contributed by atoms with E-state index in [4.69, 9.17) is 0 Å². The molecule has 5 nitrogen and oxygen atoms in total. The molecule has 2 rings (SSSR count). The number of anilines is 1. The van der Waals surface area contributed by atoms with Crippen molar-refractivity contribution in [1.29, 1.82) is 0 Å². The summed E-state index contributed by atoms with van der Waals surface area (Å²) in [4.78, 5) is 11.4. The molecule has 0 atom stereocenters. The lowest BCUT2D eigenvalue weighted by atomic mass is 10.2. The molecule has 7 heteroatoms. The van der Waals surface area contributed by atoms with E-state index in [-0.39, 0.29) is 4.90 Å². The number of halogens is 1. The fourth-order valence-electron chi connectivity index (χ4n) is 1.83. The number of ether oxygens (including phenoxy) is 1. The number of hydrogen-bond donors (Lipinski definition) is 1. The maximum Gasteiger partial charge on any atom is 0.337 e. The monoisotopic (exact) mass is 431 g/mol. The first kappa shape index (κ1) is 16.8. The van der Waals surface area contributed by atoms with Gasteiger partial charge in [-0.05, 0) is 77.5 Å². The largest absolute Gasteiger partial charge is 0.465 e. The Balaban J connectivity index is 2.28. The van der Waals surface area contributed by atoms with Gasteiger partial charge in [0, 0.05) is 3.57 Å². The van der Waals surface area contributed by atoms with Gasteiger partial charge in [-0.3, -0.25) is 4.72 Å². The highest BCUT2D eigenvalue weighted by Crippen LogP contribution is 2.22. The van der Waals surface area contributed by atoms with Crippen LogP contribution in [-0.2, 0) is 14.8 Å². The van der Waals surface area contributed by atoms with E-state index in [0.717, 1.165) is 9.13 Å². The van der Waals surface area contributed by atoms with Crippen molar-refractivity contribution in [3.8, 4) is 0 Å². The van der Waals surface area contributed by atoms with Gasteiger partial charge in [-0.1, -0.05) is 0 Å². The standard InChI is InChI=1S/C15H14INO4S/c1-10-9-12(16)5-8-14(10)17-22(19,20)13-6-3-11(4-7-13)15(18)21-2/h3-9,17H,1-2H3. The Morgan fingerprint density at radius 2 is 1.77 bits per heavy atom. The normalized spacial score (nSPS) is 11.0. The SMILES string of the molecule is COC(=O)c1ccc(S(=O)(=O)Nc2ccc(I)cc2C)cc1. The minimum atomic E-state index is -3.70. The Morgan fingerprint density at radius 1 is 1.14 bits per heavy atom. The average Bonchev–Trinajstić information content (AvgIpc) is 2.49. The maximum atomic E-state index is 12.4. The van der Waals surface area contributed by atoms with Gasteiger partial charge < -0.3 is 4.74 Å². The number of carbonyl (C=O) groups excluding carboxylic acids is 1. The first-order valence-corrected chi connectivity index (χ1v) is 8.87. The van der Waals surface area contributed by atoms with Gasteiger partial charge in [-0.2, -0.15) is 0 Å². The summed E-state index contributed by atoms with van der Waals surface area (Å²) >= 11 is 2.16. The van der Waals surface area contributed by atoms with Crippen molar-refractivity contribution in [1.82, 2.24) is 0 Å².